The number of thioether (sulfide) groups is 1. The molecule has 8 heteroatoms. The fraction of sp³-hybridized carbons (Fsp3) is 0.474. The number of carbonyl (C=O) groups excluding carboxylic acids is 2. The van der Waals surface area contributed by atoms with Gasteiger partial charge < -0.3 is 4.90 Å². The highest BCUT2D eigenvalue weighted by molar-refractivity contribution is 8.13. The van der Waals surface area contributed by atoms with Gasteiger partial charge in [0.15, 0.2) is 0 Å². The van der Waals surface area contributed by atoms with Crippen LogP contribution in [0.2, 0.25) is 0 Å². The number of anilines is 1. The third kappa shape index (κ3) is 5.56. The molecule has 0 unspecified atom stereocenters. The Morgan fingerprint density at radius 1 is 1.33 bits per heavy atom. The summed E-state index contributed by atoms with van der Waals surface area (Å²) in [6, 6.07) is 3.51. The third-order valence-corrected chi connectivity index (χ3v) is 5.27. The summed E-state index contributed by atoms with van der Waals surface area (Å²) in [5.74, 6) is 1.20. The molecule has 0 aromatic carbocycles. The fourth-order valence-corrected chi connectivity index (χ4v) is 3.26. The number of pyridine rings is 1. The normalized spacial score (nSPS) is 10.9. The van der Waals surface area contributed by atoms with Crippen molar-refractivity contribution in [2.75, 3.05) is 30.8 Å². The van der Waals surface area contributed by atoms with Crippen molar-refractivity contribution in [3.05, 3.63) is 36.4 Å². The molecular weight excluding hydrogens is 362 g/mol. The number of amides is 2. The van der Waals surface area contributed by atoms with Crippen molar-refractivity contribution in [3.8, 4) is 5.69 Å². The number of likely N-dealkylation sites (N-methyl/N-ethyl adjacent to an activating group) is 1. The van der Waals surface area contributed by atoms with E-state index >= 15 is 0 Å². The average molecular weight is 390 g/mol. The summed E-state index contributed by atoms with van der Waals surface area (Å²) in [5.41, 5.74) is 2.25. The Kier molecular flexibility index (Phi) is 7.41. The van der Waals surface area contributed by atoms with E-state index in [4.69, 9.17) is 0 Å². The van der Waals surface area contributed by atoms with Crippen molar-refractivity contribution in [2.24, 2.45) is 5.92 Å². The fourth-order valence-electron chi connectivity index (χ4n) is 2.49. The Balaban J connectivity index is 2.11. The van der Waals surface area contributed by atoms with Crippen LogP contribution >= 0.6 is 11.8 Å². The molecule has 0 aliphatic carbocycles. The molecule has 2 heterocycles. The molecule has 2 amide bonds. The number of hydrogen-bond donors (Lipinski definition) is 0. The molecule has 0 N–H and O–H groups in total. The first-order valence-corrected chi connectivity index (χ1v) is 9.97. The van der Waals surface area contributed by atoms with Gasteiger partial charge in [-0.1, -0.05) is 25.6 Å². The van der Waals surface area contributed by atoms with Crippen LogP contribution in [-0.2, 0) is 4.79 Å². The summed E-state index contributed by atoms with van der Waals surface area (Å²) in [6.45, 7) is 8.43. The second-order valence-electron chi connectivity index (χ2n) is 6.69. The van der Waals surface area contributed by atoms with Gasteiger partial charge in [0.25, 0.3) is 0 Å². The number of urea groups is 1. The van der Waals surface area contributed by atoms with Crippen molar-refractivity contribution in [1.29, 1.82) is 0 Å². The average Bonchev–Trinajstić information content (AvgIpc) is 3.05. The van der Waals surface area contributed by atoms with E-state index in [2.05, 4.69) is 23.9 Å². The minimum Gasteiger partial charge on any atom is -0.316 e. The number of hydrogen-bond acceptors (Lipinski definition) is 5. The van der Waals surface area contributed by atoms with Gasteiger partial charge in [-0.3, -0.25) is 14.7 Å². The molecule has 0 saturated heterocycles. The Labute approximate surface area is 164 Å². The molecule has 0 fully saturated rings. The molecule has 0 spiro atoms. The highest BCUT2D eigenvalue weighted by atomic mass is 32.2. The summed E-state index contributed by atoms with van der Waals surface area (Å²) in [7, 11) is 1.70. The Hall–Kier alpha value is -2.35. The molecule has 0 radical (unpaired) electrons. The van der Waals surface area contributed by atoms with Gasteiger partial charge >= 0.3 is 6.03 Å². The molecular formula is C19H27N5O2S. The summed E-state index contributed by atoms with van der Waals surface area (Å²) < 4.78 is 1.70. The van der Waals surface area contributed by atoms with E-state index in [1.807, 2.05) is 26.0 Å². The van der Waals surface area contributed by atoms with Crippen LogP contribution in [0.3, 0.4) is 0 Å². The first-order valence-electron chi connectivity index (χ1n) is 8.98. The molecule has 27 heavy (non-hydrogen) atoms. The van der Waals surface area contributed by atoms with Gasteiger partial charge in [0.05, 0.1) is 36.0 Å². The second-order valence-corrected chi connectivity index (χ2v) is 7.77. The maximum atomic E-state index is 12.9. The molecule has 2 aromatic rings. The molecule has 0 aliphatic rings. The van der Waals surface area contributed by atoms with Gasteiger partial charge in [0, 0.05) is 25.5 Å². The van der Waals surface area contributed by atoms with E-state index in [1.54, 1.807) is 40.1 Å². The van der Waals surface area contributed by atoms with Gasteiger partial charge in [-0.05, 0) is 31.9 Å². The molecule has 7 nitrogen and oxygen atoms in total. The monoisotopic (exact) mass is 389 g/mol. The van der Waals surface area contributed by atoms with Crippen molar-refractivity contribution < 1.29 is 9.59 Å². The zero-order valence-electron chi connectivity index (χ0n) is 16.5. The second kappa shape index (κ2) is 9.55. The van der Waals surface area contributed by atoms with Crippen LogP contribution in [-0.4, -0.2) is 56.7 Å². The minimum absolute atomic E-state index is 0.00933. The van der Waals surface area contributed by atoms with Gasteiger partial charge in [0.2, 0.25) is 5.12 Å². The van der Waals surface area contributed by atoms with Crippen LogP contribution in [0.15, 0.2) is 30.7 Å². The van der Waals surface area contributed by atoms with Crippen molar-refractivity contribution in [2.45, 2.75) is 27.7 Å². The van der Waals surface area contributed by atoms with Crippen LogP contribution < -0.4 is 4.90 Å². The number of aryl methyl sites for hydroxylation is 1. The molecule has 0 aliphatic heterocycles. The van der Waals surface area contributed by atoms with Crippen LogP contribution in [0, 0.1) is 12.8 Å². The Bertz CT molecular complexity index is 776. The van der Waals surface area contributed by atoms with E-state index in [1.165, 1.54) is 11.8 Å². The molecule has 0 saturated carbocycles. The van der Waals surface area contributed by atoms with Gasteiger partial charge in [0.1, 0.15) is 0 Å². The molecule has 0 bridgehead atoms. The van der Waals surface area contributed by atoms with E-state index in [9.17, 15) is 9.59 Å². The summed E-state index contributed by atoms with van der Waals surface area (Å²) in [5, 5.41) is 4.48. The van der Waals surface area contributed by atoms with Crippen LogP contribution in [0.1, 0.15) is 26.5 Å². The topological polar surface area (TPSA) is 71.3 Å². The summed E-state index contributed by atoms with van der Waals surface area (Å²) in [6.07, 6.45) is 5.21. The predicted molar refractivity (Wildman–Crippen MR) is 109 cm³/mol. The lowest BCUT2D eigenvalue weighted by Gasteiger charge is -2.26. The lowest BCUT2D eigenvalue weighted by molar-refractivity contribution is -0.111. The zero-order valence-corrected chi connectivity index (χ0v) is 17.4. The van der Waals surface area contributed by atoms with Crippen molar-refractivity contribution in [1.82, 2.24) is 19.7 Å². The van der Waals surface area contributed by atoms with Crippen molar-refractivity contribution in [3.63, 3.8) is 0 Å². The van der Waals surface area contributed by atoms with Gasteiger partial charge in [-0.2, -0.15) is 5.10 Å². The van der Waals surface area contributed by atoms with Crippen LogP contribution in [0.25, 0.3) is 5.69 Å². The third-order valence-electron chi connectivity index (χ3n) is 3.98. The number of nitrogens with zero attached hydrogens (tertiary/aromatic N) is 5. The Morgan fingerprint density at radius 2 is 2.07 bits per heavy atom. The summed E-state index contributed by atoms with van der Waals surface area (Å²) >= 11 is 1.28. The van der Waals surface area contributed by atoms with Crippen LogP contribution in [0.5, 0.6) is 0 Å². The first-order chi connectivity index (χ1) is 12.8. The van der Waals surface area contributed by atoms with Gasteiger partial charge in [-0.15, -0.1) is 0 Å². The van der Waals surface area contributed by atoms with Crippen molar-refractivity contribution >= 4 is 28.6 Å². The lowest BCUT2D eigenvalue weighted by atomic mass is 10.3. The number of carbonyl (C=O) groups is 2. The molecule has 0 atom stereocenters. The minimum atomic E-state index is -0.218. The standard InChI is InChI=1S/C19H27N5O2S/c1-6-23(12-18(25)27-13-14(2)3)19(26)22(5)17-11-24(21-15(17)4)16-8-7-9-20-10-16/h7-11,14H,6,12-13H2,1-5H3. The quantitative estimate of drug-likeness (QED) is 0.726. The van der Waals surface area contributed by atoms with E-state index in [0.717, 1.165) is 17.1 Å². The first kappa shape index (κ1) is 21.0. The van der Waals surface area contributed by atoms with E-state index in [-0.39, 0.29) is 17.7 Å². The summed E-state index contributed by atoms with van der Waals surface area (Å²) in [4.78, 5) is 32.2. The smallest absolute Gasteiger partial charge is 0.316 e. The molecule has 2 rings (SSSR count). The van der Waals surface area contributed by atoms with E-state index in [0.29, 0.717) is 18.2 Å². The lowest BCUT2D eigenvalue weighted by Crippen LogP contribution is -2.43. The largest absolute Gasteiger partial charge is 0.324 e. The van der Waals surface area contributed by atoms with Crippen LogP contribution in [0.4, 0.5) is 10.5 Å². The number of rotatable bonds is 7. The van der Waals surface area contributed by atoms with E-state index < -0.39 is 0 Å². The highest BCUT2D eigenvalue weighted by Gasteiger charge is 2.23. The molecule has 146 valence electrons. The SMILES string of the molecule is CCN(CC(=O)SCC(C)C)C(=O)N(C)c1cn(-c2cccnc2)nc1C. The van der Waals surface area contributed by atoms with Gasteiger partial charge in [-0.25, -0.2) is 9.48 Å². The molecule has 2 aromatic heterocycles. The highest BCUT2D eigenvalue weighted by Crippen LogP contribution is 2.21. The number of aromatic nitrogens is 3. The Morgan fingerprint density at radius 3 is 2.67 bits per heavy atom. The maximum Gasteiger partial charge on any atom is 0.324 e. The predicted octanol–water partition coefficient (Wildman–Crippen LogP) is 3.37. The zero-order chi connectivity index (χ0) is 20.0. The maximum absolute atomic E-state index is 12.9.